The first-order chi connectivity index (χ1) is 9.86. The van der Waals surface area contributed by atoms with Gasteiger partial charge in [-0.2, -0.15) is 5.10 Å². The molecule has 1 aromatic heterocycles. The van der Waals surface area contributed by atoms with E-state index >= 15 is 0 Å². The van der Waals surface area contributed by atoms with Crippen LogP contribution < -0.4 is 0 Å². The van der Waals surface area contributed by atoms with Crippen LogP contribution in [0.4, 0.5) is 0 Å². The smallest absolute Gasteiger partial charge is 0.0650 e. The third kappa shape index (κ3) is 4.84. The molecule has 1 N–H and O–H groups in total. The molecule has 0 aromatic carbocycles. The third-order valence-corrected chi connectivity index (χ3v) is 5.16. The number of aliphatic hydroxyl groups is 1. The van der Waals surface area contributed by atoms with Gasteiger partial charge >= 0.3 is 0 Å². The number of hydrogen-bond acceptors (Lipinski definition) is 2. The fourth-order valence-electron chi connectivity index (χ4n) is 3.12. The fraction of sp³-hybridized carbons (Fsp3) is 0.833. The molecule has 1 aromatic rings. The Balaban J connectivity index is 1.87. The Morgan fingerprint density at radius 3 is 2.57 bits per heavy atom. The lowest BCUT2D eigenvalue weighted by molar-refractivity contribution is 0.109. The minimum atomic E-state index is -0.283. The van der Waals surface area contributed by atoms with Crippen molar-refractivity contribution in [3.8, 4) is 0 Å². The maximum Gasteiger partial charge on any atom is 0.0650 e. The molecule has 2 rings (SSSR count). The van der Waals surface area contributed by atoms with Crippen LogP contribution in [0.25, 0.3) is 0 Å². The molecule has 21 heavy (non-hydrogen) atoms. The van der Waals surface area contributed by atoms with Gasteiger partial charge in [0.1, 0.15) is 0 Å². The molecular weight excluding hydrogens is 260 g/mol. The Morgan fingerprint density at radius 1 is 1.29 bits per heavy atom. The van der Waals surface area contributed by atoms with E-state index in [-0.39, 0.29) is 11.5 Å². The van der Waals surface area contributed by atoms with Gasteiger partial charge in [0.25, 0.3) is 0 Å². The Labute approximate surface area is 129 Å². The van der Waals surface area contributed by atoms with Gasteiger partial charge in [-0.3, -0.25) is 4.68 Å². The van der Waals surface area contributed by atoms with Crippen LogP contribution in [0.5, 0.6) is 0 Å². The van der Waals surface area contributed by atoms with Crippen LogP contribution in [-0.2, 0) is 6.42 Å². The van der Waals surface area contributed by atoms with E-state index in [1.807, 2.05) is 0 Å². The van der Waals surface area contributed by atoms with Gasteiger partial charge in [-0.25, -0.2) is 0 Å². The largest absolute Gasteiger partial charge is 0.393 e. The highest BCUT2D eigenvalue weighted by Gasteiger charge is 2.23. The second kappa shape index (κ2) is 6.95. The van der Waals surface area contributed by atoms with E-state index in [9.17, 15) is 5.11 Å². The normalized spacial score (nSPS) is 20.4. The monoisotopic (exact) mass is 292 g/mol. The fourth-order valence-corrected chi connectivity index (χ4v) is 3.12. The minimum absolute atomic E-state index is 0.252. The van der Waals surface area contributed by atoms with E-state index in [1.165, 1.54) is 32.1 Å². The first-order valence-electron chi connectivity index (χ1n) is 8.58. The predicted octanol–water partition coefficient (Wildman–Crippen LogP) is 4.36. The molecule has 2 atom stereocenters. The summed E-state index contributed by atoms with van der Waals surface area (Å²) in [6.45, 7) is 8.94. The number of aromatic nitrogens is 2. The lowest BCUT2D eigenvalue weighted by Gasteiger charge is -2.28. The second-order valence-electron chi connectivity index (χ2n) is 7.94. The maximum absolute atomic E-state index is 10.3. The zero-order chi connectivity index (χ0) is 15.5. The average Bonchev–Trinajstić information content (AvgIpc) is 2.87. The van der Waals surface area contributed by atoms with Crippen molar-refractivity contribution in [2.45, 2.75) is 84.8 Å². The molecule has 0 aliphatic heterocycles. The zero-order valence-corrected chi connectivity index (χ0v) is 14.2. The highest BCUT2D eigenvalue weighted by molar-refractivity contribution is 5.02. The Bertz CT molecular complexity index is 427. The molecule has 1 aliphatic rings. The van der Waals surface area contributed by atoms with Crippen LogP contribution in [0, 0.1) is 11.3 Å². The lowest BCUT2D eigenvalue weighted by Crippen LogP contribution is -2.24. The van der Waals surface area contributed by atoms with Crippen molar-refractivity contribution in [1.82, 2.24) is 9.78 Å². The predicted molar refractivity (Wildman–Crippen MR) is 87.3 cm³/mol. The van der Waals surface area contributed by atoms with Crippen molar-refractivity contribution in [3.05, 3.63) is 18.0 Å². The quantitative estimate of drug-likeness (QED) is 0.875. The molecule has 0 amide bonds. The summed E-state index contributed by atoms with van der Waals surface area (Å²) in [5.41, 5.74) is 1.29. The highest BCUT2D eigenvalue weighted by atomic mass is 16.3. The molecule has 1 heterocycles. The number of rotatable bonds is 5. The van der Waals surface area contributed by atoms with Crippen molar-refractivity contribution in [2.75, 3.05) is 0 Å². The van der Waals surface area contributed by atoms with Gasteiger partial charge in [0, 0.05) is 12.6 Å². The Hall–Kier alpha value is -0.830. The summed E-state index contributed by atoms with van der Waals surface area (Å²) >= 11 is 0. The van der Waals surface area contributed by atoms with E-state index in [0.717, 1.165) is 12.1 Å². The number of hydrogen-bond donors (Lipinski definition) is 1. The molecule has 0 bridgehead atoms. The first kappa shape index (κ1) is 16.5. The molecule has 2 unspecified atom stereocenters. The average molecular weight is 292 g/mol. The van der Waals surface area contributed by atoms with Gasteiger partial charge in [-0.1, -0.05) is 47.0 Å². The van der Waals surface area contributed by atoms with Crippen LogP contribution in [0.15, 0.2) is 12.3 Å². The zero-order valence-electron chi connectivity index (χ0n) is 14.2. The first-order valence-corrected chi connectivity index (χ1v) is 8.58. The van der Waals surface area contributed by atoms with Crippen LogP contribution >= 0.6 is 0 Å². The minimum Gasteiger partial charge on any atom is -0.393 e. The van der Waals surface area contributed by atoms with Crippen molar-refractivity contribution >= 4 is 0 Å². The molecule has 0 radical (unpaired) electrons. The molecule has 3 heteroatoms. The molecule has 0 spiro atoms. The SMILES string of the molecule is CC(CC(O)Cc1ccn(C2CCCCC2)n1)C(C)(C)C. The van der Waals surface area contributed by atoms with Crippen molar-refractivity contribution < 1.29 is 5.11 Å². The van der Waals surface area contributed by atoms with Crippen LogP contribution in [0.2, 0.25) is 0 Å². The molecule has 1 fully saturated rings. The van der Waals surface area contributed by atoms with Crippen molar-refractivity contribution in [1.29, 1.82) is 0 Å². The number of aliphatic hydroxyl groups excluding tert-OH is 1. The molecule has 1 aliphatic carbocycles. The lowest BCUT2D eigenvalue weighted by atomic mass is 9.78. The summed E-state index contributed by atoms with van der Waals surface area (Å²) in [5.74, 6) is 0.507. The molecule has 1 saturated carbocycles. The van der Waals surface area contributed by atoms with Crippen LogP contribution in [-0.4, -0.2) is 21.0 Å². The summed E-state index contributed by atoms with van der Waals surface area (Å²) in [4.78, 5) is 0. The maximum atomic E-state index is 10.3. The van der Waals surface area contributed by atoms with E-state index < -0.39 is 0 Å². The number of nitrogens with zero attached hydrogens (tertiary/aromatic N) is 2. The summed E-state index contributed by atoms with van der Waals surface area (Å²) in [7, 11) is 0. The summed E-state index contributed by atoms with van der Waals surface area (Å²) in [6.07, 6.45) is 9.88. The van der Waals surface area contributed by atoms with Gasteiger partial charge in [-0.05, 0) is 36.7 Å². The molecule has 0 saturated heterocycles. The topological polar surface area (TPSA) is 38.0 Å². The molecule has 120 valence electrons. The van der Waals surface area contributed by atoms with E-state index in [0.29, 0.717) is 18.4 Å². The van der Waals surface area contributed by atoms with Crippen LogP contribution in [0.1, 0.15) is 78.0 Å². The highest BCUT2D eigenvalue weighted by Crippen LogP contribution is 2.30. The Kier molecular flexibility index (Phi) is 5.48. The van der Waals surface area contributed by atoms with Gasteiger partial charge in [0.2, 0.25) is 0 Å². The molecule has 3 nitrogen and oxygen atoms in total. The van der Waals surface area contributed by atoms with Gasteiger partial charge in [0.05, 0.1) is 17.8 Å². The standard InChI is InChI=1S/C18H32N2O/c1-14(18(2,3)4)12-17(21)13-15-10-11-20(19-15)16-8-6-5-7-9-16/h10-11,14,16-17,21H,5-9,12-13H2,1-4H3. The van der Waals surface area contributed by atoms with Gasteiger partial charge in [-0.15, -0.1) is 0 Å². The van der Waals surface area contributed by atoms with Gasteiger partial charge in [0.15, 0.2) is 0 Å². The van der Waals surface area contributed by atoms with Crippen LogP contribution in [0.3, 0.4) is 0 Å². The van der Waals surface area contributed by atoms with Crippen molar-refractivity contribution in [3.63, 3.8) is 0 Å². The Morgan fingerprint density at radius 2 is 1.95 bits per heavy atom. The van der Waals surface area contributed by atoms with E-state index in [1.54, 1.807) is 0 Å². The van der Waals surface area contributed by atoms with E-state index in [4.69, 9.17) is 5.10 Å². The summed E-state index contributed by atoms with van der Waals surface area (Å²) in [5, 5.41) is 15.0. The molecular formula is C18H32N2O. The second-order valence-corrected chi connectivity index (χ2v) is 7.94. The summed E-state index contributed by atoms with van der Waals surface area (Å²) < 4.78 is 2.13. The van der Waals surface area contributed by atoms with Crippen molar-refractivity contribution in [2.24, 2.45) is 11.3 Å². The van der Waals surface area contributed by atoms with E-state index in [2.05, 4.69) is 44.6 Å². The van der Waals surface area contributed by atoms with Gasteiger partial charge < -0.3 is 5.11 Å². The third-order valence-electron chi connectivity index (χ3n) is 5.16. The summed E-state index contributed by atoms with van der Waals surface area (Å²) in [6, 6.07) is 2.66.